The fraction of sp³-hybridized carbons (Fsp3) is 0.133. The highest BCUT2D eigenvalue weighted by Gasteiger charge is 2.25. The second kappa shape index (κ2) is 6.49. The van der Waals surface area contributed by atoms with Gasteiger partial charge in [0.1, 0.15) is 16.3 Å². The molecule has 0 saturated heterocycles. The number of aromatic nitrogens is 3. The maximum absolute atomic E-state index is 12.3. The minimum atomic E-state index is -4.01. The van der Waals surface area contributed by atoms with E-state index in [-0.39, 0.29) is 22.0 Å². The number of hydrogen-bond donors (Lipinski definition) is 2. The first-order chi connectivity index (χ1) is 11.9. The molecule has 0 bridgehead atoms. The number of hydrogen-bond acceptors (Lipinski definition) is 6. The molecule has 2 N–H and O–H groups in total. The van der Waals surface area contributed by atoms with Crippen molar-refractivity contribution < 1.29 is 17.7 Å². The van der Waals surface area contributed by atoms with Gasteiger partial charge in [-0.1, -0.05) is 23.4 Å². The van der Waals surface area contributed by atoms with Gasteiger partial charge >= 0.3 is 0 Å². The molecule has 0 aliphatic carbocycles. The standard InChI is InChI=1S/C15H15N5O4S/c1-10-14(11(2)24-18-10)25(22,23)19-17-15(21)13-8-16-9-20(13)12-6-4-3-5-7-12/h3-9,19H,1-2H3,(H,17,21). The first-order valence-corrected chi connectivity index (χ1v) is 8.71. The quantitative estimate of drug-likeness (QED) is 0.657. The number of benzene rings is 1. The third-order valence-corrected chi connectivity index (χ3v) is 4.93. The lowest BCUT2D eigenvalue weighted by Gasteiger charge is -2.10. The summed E-state index contributed by atoms with van der Waals surface area (Å²) in [5.74, 6) is -0.523. The Morgan fingerprint density at radius 1 is 1.20 bits per heavy atom. The topological polar surface area (TPSA) is 119 Å². The summed E-state index contributed by atoms with van der Waals surface area (Å²) in [6.07, 6.45) is 2.81. The van der Waals surface area contributed by atoms with E-state index in [1.807, 2.05) is 23.0 Å². The number of nitrogens with one attached hydrogen (secondary N) is 2. The molecule has 2 heterocycles. The zero-order chi connectivity index (χ0) is 18.0. The van der Waals surface area contributed by atoms with Gasteiger partial charge in [0.15, 0.2) is 5.76 Å². The van der Waals surface area contributed by atoms with Crippen molar-refractivity contribution in [2.75, 3.05) is 0 Å². The summed E-state index contributed by atoms with van der Waals surface area (Å²) in [6, 6.07) is 9.07. The Hall–Kier alpha value is -2.98. The van der Waals surface area contributed by atoms with E-state index in [4.69, 9.17) is 4.52 Å². The van der Waals surface area contributed by atoms with Gasteiger partial charge in [0.25, 0.3) is 15.9 Å². The summed E-state index contributed by atoms with van der Waals surface area (Å²) in [4.78, 5) is 18.2. The molecule has 0 atom stereocenters. The number of amides is 1. The van der Waals surface area contributed by atoms with Gasteiger partial charge in [-0.3, -0.25) is 14.8 Å². The Bertz CT molecular complexity index is 988. The Morgan fingerprint density at radius 2 is 1.92 bits per heavy atom. The number of carbonyl (C=O) groups excluding carboxylic acids is 1. The maximum atomic E-state index is 12.3. The molecule has 0 unspecified atom stereocenters. The lowest BCUT2D eigenvalue weighted by molar-refractivity contribution is 0.0938. The summed E-state index contributed by atoms with van der Waals surface area (Å²) < 4.78 is 31.0. The number of carbonyl (C=O) groups is 1. The third kappa shape index (κ3) is 3.30. The number of rotatable bonds is 5. The van der Waals surface area contributed by atoms with Crippen LogP contribution in [0.3, 0.4) is 0 Å². The molecular formula is C15H15N5O4S. The van der Waals surface area contributed by atoms with E-state index in [0.29, 0.717) is 0 Å². The average molecular weight is 361 g/mol. The highest BCUT2D eigenvalue weighted by atomic mass is 32.2. The van der Waals surface area contributed by atoms with Crippen molar-refractivity contribution >= 4 is 15.9 Å². The van der Waals surface area contributed by atoms with Crippen molar-refractivity contribution in [3.63, 3.8) is 0 Å². The number of nitrogens with zero attached hydrogens (tertiary/aromatic N) is 3. The molecule has 3 aromatic rings. The molecule has 0 aliphatic heterocycles. The summed E-state index contributed by atoms with van der Waals surface area (Å²) >= 11 is 0. The molecular weight excluding hydrogens is 346 g/mol. The summed E-state index contributed by atoms with van der Waals surface area (Å²) in [7, 11) is -4.01. The van der Waals surface area contributed by atoms with Gasteiger partial charge in [0.05, 0.1) is 12.5 Å². The molecule has 9 nitrogen and oxygen atoms in total. The molecule has 0 spiro atoms. The van der Waals surface area contributed by atoms with Gasteiger partial charge in [-0.15, -0.1) is 4.83 Å². The Kier molecular flexibility index (Phi) is 4.38. The zero-order valence-corrected chi connectivity index (χ0v) is 14.2. The van der Waals surface area contributed by atoms with Crippen molar-refractivity contribution in [2.45, 2.75) is 18.7 Å². The second-order valence-electron chi connectivity index (χ2n) is 5.20. The van der Waals surface area contributed by atoms with Crippen molar-refractivity contribution in [2.24, 2.45) is 0 Å². The first kappa shape index (κ1) is 16.9. The molecule has 0 radical (unpaired) electrons. The summed E-state index contributed by atoms with van der Waals surface area (Å²) in [5, 5.41) is 3.59. The van der Waals surface area contributed by atoms with Crippen LogP contribution in [0.15, 0.2) is 52.3 Å². The van der Waals surface area contributed by atoms with Crippen LogP contribution in [0.4, 0.5) is 0 Å². The van der Waals surface area contributed by atoms with E-state index in [1.54, 1.807) is 16.7 Å². The minimum absolute atomic E-state index is 0.107. The highest BCUT2D eigenvalue weighted by molar-refractivity contribution is 7.89. The normalized spacial score (nSPS) is 11.4. The van der Waals surface area contributed by atoms with Crippen LogP contribution in [0.1, 0.15) is 21.9 Å². The smallest absolute Gasteiger partial charge is 0.284 e. The van der Waals surface area contributed by atoms with Crippen LogP contribution in [0.5, 0.6) is 0 Å². The number of sulfonamides is 1. The third-order valence-electron chi connectivity index (χ3n) is 3.44. The van der Waals surface area contributed by atoms with Crippen molar-refractivity contribution in [3.8, 4) is 5.69 Å². The monoisotopic (exact) mass is 361 g/mol. The van der Waals surface area contributed by atoms with Gasteiger partial charge in [0.2, 0.25) is 0 Å². The fourth-order valence-electron chi connectivity index (χ4n) is 2.34. The Balaban J connectivity index is 1.80. The van der Waals surface area contributed by atoms with Crippen molar-refractivity contribution in [3.05, 3.63) is 60.0 Å². The zero-order valence-electron chi connectivity index (χ0n) is 13.4. The molecule has 1 aromatic carbocycles. The molecule has 130 valence electrons. The molecule has 0 fully saturated rings. The van der Waals surface area contributed by atoms with Crippen LogP contribution in [-0.4, -0.2) is 29.0 Å². The van der Waals surface area contributed by atoms with E-state index >= 15 is 0 Å². The number of aryl methyl sites for hydroxylation is 2. The summed E-state index contributed by atoms with van der Waals surface area (Å²) in [5.41, 5.74) is 3.27. The molecule has 0 saturated carbocycles. The second-order valence-corrected chi connectivity index (χ2v) is 6.82. The van der Waals surface area contributed by atoms with E-state index in [9.17, 15) is 13.2 Å². The maximum Gasteiger partial charge on any atom is 0.284 e. The van der Waals surface area contributed by atoms with Crippen LogP contribution in [0.25, 0.3) is 5.69 Å². The minimum Gasteiger partial charge on any atom is -0.360 e. The fourth-order valence-corrected chi connectivity index (χ4v) is 3.52. The van der Waals surface area contributed by atoms with Crippen LogP contribution in [-0.2, 0) is 10.0 Å². The average Bonchev–Trinajstić information content (AvgIpc) is 3.20. The van der Waals surface area contributed by atoms with Gasteiger partial charge in [-0.2, -0.15) is 0 Å². The predicted octanol–water partition coefficient (Wildman–Crippen LogP) is 1.10. The Morgan fingerprint density at radius 3 is 2.56 bits per heavy atom. The van der Waals surface area contributed by atoms with E-state index in [1.165, 1.54) is 26.4 Å². The molecule has 25 heavy (non-hydrogen) atoms. The molecule has 0 aliphatic rings. The van der Waals surface area contributed by atoms with Crippen LogP contribution >= 0.6 is 0 Å². The van der Waals surface area contributed by atoms with Gasteiger partial charge < -0.3 is 4.52 Å². The van der Waals surface area contributed by atoms with Crippen LogP contribution < -0.4 is 10.3 Å². The predicted molar refractivity (Wildman–Crippen MR) is 87.3 cm³/mol. The van der Waals surface area contributed by atoms with Crippen molar-refractivity contribution in [1.82, 2.24) is 25.0 Å². The Labute approximate surface area is 143 Å². The first-order valence-electron chi connectivity index (χ1n) is 7.23. The molecule has 2 aromatic heterocycles. The number of imidazole rings is 1. The lowest BCUT2D eigenvalue weighted by Crippen LogP contribution is -2.42. The molecule has 10 heteroatoms. The van der Waals surface area contributed by atoms with Gasteiger partial charge in [-0.25, -0.2) is 13.4 Å². The summed E-state index contributed by atoms with van der Waals surface area (Å²) in [6.45, 7) is 2.97. The van der Waals surface area contributed by atoms with E-state index < -0.39 is 15.9 Å². The molecule has 3 rings (SSSR count). The van der Waals surface area contributed by atoms with Crippen LogP contribution in [0.2, 0.25) is 0 Å². The largest absolute Gasteiger partial charge is 0.360 e. The number of hydrazine groups is 1. The lowest BCUT2D eigenvalue weighted by atomic mass is 10.3. The van der Waals surface area contributed by atoms with E-state index in [2.05, 4.69) is 15.6 Å². The molecule has 1 amide bonds. The van der Waals surface area contributed by atoms with E-state index in [0.717, 1.165) is 5.69 Å². The number of para-hydroxylation sites is 1. The van der Waals surface area contributed by atoms with Crippen LogP contribution in [0, 0.1) is 13.8 Å². The highest BCUT2D eigenvalue weighted by Crippen LogP contribution is 2.18. The SMILES string of the molecule is Cc1noc(C)c1S(=O)(=O)NNC(=O)c1cncn1-c1ccccc1. The van der Waals surface area contributed by atoms with Gasteiger partial charge in [0, 0.05) is 5.69 Å². The van der Waals surface area contributed by atoms with Gasteiger partial charge in [-0.05, 0) is 26.0 Å². The van der Waals surface area contributed by atoms with Crippen molar-refractivity contribution in [1.29, 1.82) is 0 Å².